The summed E-state index contributed by atoms with van der Waals surface area (Å²) < 4.78 is 38.8. The van der Waals surface area contributed by atoms with E-state index in [-0.39, 0.29) is 53.7 Å². The molecule has 3 aliphatic carbocycles. The number of ether oxygens (including phenoxy) is 4. The summed E-state index contributed by atoms with van der Waals surface area (Å²) in [6.45, 7) is 34.3. The number of fused-ring (bicyclic) bond motifs is 3. The molecule has 0 spiro atoms. The van der Waals surface area contributed by atoms with Gasteiger partial charge in [-0.1, -0.05) is 47.0 Å². The van der Waals surface area contributed by atoms with E-state index >= 15 is 0 Å². The highest BCUT2D eigenvalue weighted by Crippen LogP contribution is 2.61. The zero-order chi connectivity index (χ0) is 31.7. The predicted molar refractivity (Wildman–Crippen MR) is 181 cm³/mol. The van der Waals surface area contributed by atoms with Crippen LogP contribution in [0.4, 0.5) is 0 Å². The molecule has 0 unspecified atom stereocenters. The second-order valence-corrected chi connectivity index (χ2v) is 31.6. The molecule has 2 saturated carbocycles. The van der Waals surface area contributed by atoms with Crippen LogP contribution < -0.4 is 0 Å². The first-order chi connectivity index (χ1) is 19.2. The molecule has 0 amide bonds. The van der Waals surface area contributed by atoms with E-state index in [1.54, 1.807) is 7.11 Å². The lowest BCUT2D eigenvalue weighted by Crippen LogP contribution is -2.62. The Kier molecular flexibility index (Phi) is 11.7. The van der Waals surface area contributed by atoms with E-state index in [2.05, 4.69) is 85.8 Å². The molecule has 0 aliphatic heterocycles. The monoisotopic (exact) mass is 640 g/mol. The molecular weight excluding hydrogens is 577 g/mol. The largest absolute Gasteiger partial charge is 0.547 e. The first-order valence-corrected chi connectivity index (χ1v) is 26.8. The van der Waals surface area contributed by atoms with Crippen LogP contribution in [-0.4, -0.2) is 70.3 Å². The Morgan fingerprint density at radius 3 is 2.14 bits per heavy atom. The Morgan fingerprint density at radius 1 is 0.905 bits per heavy atom. The highest BCUT2D eigenvalue weighted by atomic mass is 28.4. The van der Waals surface area contributed by atoms with Crippen molar-refractivity contribution >= 4 is 24.7 Å². The smallest absolute Gasteiger partial charge is 0.241 e. The van der Waals surface area contributed by atoms with Crippen molar-refractivity contribution in [2.75, 3.05) is 27.3 Å². The number of rotatable bonds is 13. The highest BCUT2D eigenvalue weighted by Gasteiger charge is 2.60. The summed E-state index contributed by atoms with van der Waals surface area (Å²) in [4.78, 5) is 0. The normalized spacial score (nSPS) is 33.8. The molecule has 0 radical (unpaired) electrons. The maximum atomic E-state index is 7.28. The number of allylic oxidation sites excluding steroid dienone is 2. The van der Waals surface area contributed by atoms with E-state index in [1.165, 1.54) is 11.3 Å². The van der Waals surface area contributed by atoms with E-state index < -0.39 is 24.7 Å². The third kappa shape index (κ3) is 8.92. The molecule has 244 valence electrons. The average molecular weight is 641 g/mol. The van der Waals surface area contributed by atoms with Crippen molar-refractivity contribution in [3.63, 3.8) is 0 Å². The highest BCUT2D eigenvalue weighted by molar-refractivity contribution is 6.76. The lowest BCUT2D eigenvalue weighted by molar-refractivity contribution is -0.206. The summed E-state index contributed by atoms with van der Waals surface area (Å²) >= 11 is 0. The van der Waals surface area contributed by atoms with Crippen molar-refractivity contribution in [1.29, 1.82) is 0 Å². The lowest BCUT2D eigenvalue weighted by Gasteiger charge is -2.60. The standard InChI is InChI=1S/C33H64O6Si3/c1-24-26-21-27-29(38-41(9,10)11)16-15-25(32(27,2)3)30(37-23-35-19-20-40(6,7)8)31(39-42(12,13)14)33(26,4)18-17-28(24)36-22-34-5/h16,25-28,30-31H,1,15,17-23H2,2-14H3/t25-,26+,27-,28-,30+,31-,33+/m0/s1. The van der Waals surface area contributed by atoms with Gasteiger partial charge in [0.2, 0.25) is 8.32 Å². The molecular formula is C33H64O6Si3. The quantitative estimate of drug-likeness (QED) is 0.0869. The molecule has 0 N–H and O–H groups in total. The molecule has 3 rings (SSSR count). The van der Waals surface area contributed by atoms with Gasteiger partial charge >= 0.3 is 0 Å². The number of hydrogen-bond acceptors (Lipinski definition) is 6. The van der Waals surface area contributed by atoms with Gasteiger partial charge in [-0.25, -0.2) is 0 Å². The van der Waals surface area contributed by atoms with Crippen molar-refractivity contribution in [3.8, 4) is 0 Å². The molecule has 42 heavy (non-hydrogen) atoms. The second-order valence-electron chi connectivity index (χ2n) is 17.1. The van der Waals surface area contributed by atoms with Gasteiger partial charge in [-0.05, 0) is 99.9 Å². The Morgan fingerprint density at radius 2 is 1.57 bits per heavy atom. The van der Waals surface area contributed by atoms with Gasteiger partial charge in [0.1, 0.15) is 13.6 Å². The number of methoxy groups -OCH3 is 1. The van der Waals surface area contributed by atoms with Crippen molar-refractivity contribution in [1.82, 2.24) is 0 Å². The van der Waals surface area contributed by atoms with Crippen LogP contribution >= 0.6 is 0 Å². The van der Waals surface area contributed by atoms with Gasteiger partial charge in [0.25, 0.3) is 0 Å². The van der Waals surface area contributed by atoms with E-state index in [1.807, 2.05) is 0 Å². The van der Waals surface area contributed by atoms with E-state index in [0.29, 0.717) is 6.79 Å². The fourth-order valence-corrected chi connectivity index (χ4v) is 10.3. The zero-order valence-electron chi connectivity index (χ0n) is 29.4. The Hall–Kier alpha value is -0.269. The van der Waals surface area contributed by atoms with Crippen LogP contribution in [0.5, 0.6) is 0 Å². The van der Waals surface area contributed by atoms with E-state index in [9.17, 15) is 0 Å². The zero-order valence-corrected chi connectivity index (χ0v) is 32.4. The second kappa shape index (κ2) is 13.6. The maximum Gasteiger partial charge on any atom is 0.241 e. The molecule has 3 aliphatic rings. The van der Waals surface area contributed by atoms with Gasteiger partial charge in [0.05, 0.1) is 24.1 Å². The predicted octanol–water partition coefficient (Wildman–Crippen LogP) is 8.67. The van der Waals surface area contributed by atoms with E-state index in [4.69, 9.17) is 34.4 Å². The maximum absolute atomic E-state index is 7.28. The fourth-order valence-electron chi connectivity index (χ4n) is 7.48. The molecule has 0 heterocycles. The Balaban J connectivity index is 2.10. The molecule has 0 aromatic rings. The first kappa shape index (κ1) is 36.2. The van der Waals surface area contributed by atoms with Crippen LogP contribution in [0.1, 0.15) is 46.5 Å². The summed E-state index contributed by atoms with van der Waals surface area (Å²) in [6.07, 6.45) is 6.02. The molecule has 0 aromatic carbocycles. The minimum atomic E-state index is -1.95. The van der Waals surface area contributed by atoms with Crippen LogP contribution in [0.3, 0.4) is 0 Å². The summed E-state index contributed by atoms with van der Waals surface area (Å²) in [7, 11) is -3.26. The van der Waals surface area contributed by atoms with E-state index in [0.717, 1.165) is 38.3 Å². The SMILES string of the molecule is C=C1[C@@H](OCOC)CC[C@]2(C)[C@@H]1C[C@H]1C(O[Si](C)(C)C)=CC[C@@H]([C@@H](OCOCC[Si](C)(C)C)[C@@H]2O[Si](C)(C)C)C1(C)C. The van der Waals surface area contributed by atoms with Gasteiger partial charge in [0, 0.05) is 33.1 Å². The van der Waals surface area contributed by atoms with Crippen LogP contribution in [-0.2, 0) is 27.8 Å². The van der Waals surface area contributed by atoms with Crippen LogP contribution in [0.25, 0.3) is 0 Å². The molecule has 2 fully saturated rings. The van der Waals surface area contributed by atoms with Crippen molar-refractivity contribution in [3.05, 3.63) is 24.0 Å². The molecule has 2 bridgehead atoms. The first-order valence-electron chi connectivity index (χ1n) is 16.2. The van der Waals surface area contributed by atoms with Crippen molar-refractivity contribution < 1.29 is 27.8 Å². The average Bonchev–Trinajstić information content (AvgIpc) is 2.82. The van der Waals surface area contributed by atoms with Crippen LogP contribution in [0.2, 0.25) is 65.0 Å². The van der Waals surface area contributed by atoms with Gasteiger partial charge in [-0.3, -0.25) is 0 Å². The summed E-state index contributed by atoms with van der Waals surface area (Å²) in [5, 5.41) is 0. The fraction of sp³-hybridized carbons (Fsp3) is 0.879. The third-order valence-corrected chi connectivity index (χ3v) is 13.3. The Bertz CT molecular complexity index is 947. The molecule has 7 atom stereocenters. The summed E-state index contributed by atoms with van der Waals surface area (Å²) in [6, 6.07) is 1.13. The lowest BCUT2D eigenvalue weighted by atomic mass is 9.50. The topological polar surface area (TPSA) is 55.4 Å². The Labute approximate surface area is 261 Å². The molecule has 6 nitrogen and oxygen atoms in total. The van der Waals surface area contributed by atoms with Gasteiger partial charge < -0.3 is 27.8 Å². The minimum absolute atomic E-state index is 0.0212. The third-order valence-electron chi connectivity index (χ3n) is 9.82. The summed E-state index contributed by atoms with van der Waals surface area (Å²) in [5.41, 5.74) is 0.958. The van der Waals surface area contributed by atoms with Gasteiger partial charge in [0.15, 0.2) is 8.32 Å². The van der Waals surface area contributed by atoms with Crippen molar-refractivity contribution in [2.24, 2.45) is 28.6 Å². The van der Waals surface area contributed by atoms with Crippen molar-refractivity contribution in [2.45, 2.75) is 130 Å². The van der Waals surface area contributed by atoms with Gasteiger partial charge in [-0.2, -0.15) is 0 Å². The minimum Gasteiger partial charge on any atom is -0.547 e. The molecule has 0 aromatic heterocycles. The summed E-state index contributed by atoms with van der Waals surface area (Å²) in [5.74, 6) is 1.93. The number of hydrogen-bond donors (Lipinski definition) is 0. The van der Waals surface area contributed by atoms with Crippen LogP contribution in [0, 0.1) is 28.6 Å². The van der Waals surface area contributed by atoms with Gasteiger partial charge in [-0.15, -0.1) is 0 Å². The van der Waals surface area contributed by atoms with Crippen LogP contribution in [0.15, 0.2) is 24.0 Å². The molecule has 9 heteroatoms. The molecule has 0 saturated heterocycles.